The minimum absolute atomic E-state index is 0.524. The average Bonchev–Trinajstić information content (AvgIpc) is 2.34. The standard InChI is InChI=1S/C13H28N4/c1-4-9-15-13(17-14)16-12-8-6-5-7-11(12)10(2)3/h10-12H,4-9,14H2,1-3H3,(H2,15,16,17). The molecule has 100 valence electrons. The highest BCUT2D eigenvalue weighted by molar-refractivity contribution is 5.79. The molecule has 0 heterocycles. The van der Waals surface area contributed by atoms with Gasteiger partial charge in [0.1, 0.15) is 0 Å². The summed E-state index contributed by atoms with van der Waals surface area (Å²) in [4.78, 5) is 4.42. The van der Waals surface area contributed by atoms with Gasteiger partial charge in [-0.05, 0) is 31.1 Å². The molecule has 4 N–H and O–H groups in total. The van der Waals surface area contributed by atoms with Crippen molar-refractivity contribution >= 4 is 5.96 Å². The lowest BCUT2D eigenvalue weighted by Gasteiger charge is -2.35. The molecule has 1 saturated carbocycles. The summed E-state index contributed by atoms with van der Waals surface area (Å²) in [5, 5.41) is 3.49. The number of guanidine groups is 1. The molecule has 1 fully saturated rings. The van der Waals surface area contributed by atoms with Crippen LogP contribution in [0, 0.1) is 11.8 Å². The van der Waals surface area contributed by atoms with Crippen LogP contribution in [0.3, 0.4) is 0 Å². The van der Waals surface area contributed by atoms with Gasteiger partial charge in [0.05, 0.1) is 0 Å². The second-order valence-corrected chi connectivity index (χ2v) is 5.32. The molecule has 1 rings (SSSR count). The number of hydrogen-bond acceptors (Lipinski definition) is 2. The van der Waals surface area contributed by atoms with E-state index in [0.29, 0.717) is 6.04 Å². The monoisotopic (exact) mass is 240 g/mol. The Labute approximate surface area is 105 Å². The van der Waals surface area contributed by atoms with E-state index in [1.807, 2.05) is 0 Å². The van der Waals surface area contributed by atoms with Crippen LogP contribution in [0.25, 0.3) is 0 Å². The van der Waals surface area contributed by atoms with Crippen molar-refractivity contribution < 1.29 is 0 Å². The van der Waals surface area contributed by atoms with Gasteiger partial charge in [0, 0.05) is 12.6 Å². The van der Waals surface area contributed by atoms with E-state index >= 15 is 0 Å². The lowest BCUT2D eigenvalue weighted by molar-refractivity contribution is 0.223. The molecule has 0 bridgehead atoms. The van der Waals surface area contributed by atoms with Crippen molar-refractivity contribution in [3.63, 3.8) is 0 Å². The maximum atomic E-state index is 5.51. The summed E-state index contributed by atoms with van der Waals surface area (Å²) < 4.78 is 0. The van der Waals surface area contributed by atoms with Gasteiger partial charge in [0.2, 0.25) is 5.96 Å². The van der Waals surface area contributed by atoms with Gasteiger partial charge in [-0.3, -0.25) is 10.4 Å². The summed E-state index contributed by atoms with van der Waals surface area (Å²) in [7, 11) is 0. The van der Waals surface area contributed by atoms with E-state index in [1.165, 1.54) is 25.7 Å². The van der Waals surface area contributed by atoms with E-state index in [-0.39, 0.29) is 0 Å². The Morgan fingerprint density at radius 2 is 2.06 bits per heavy atom. The number of hydrogen-bond donors (Lipinski definition) is 3. The van der Waals surface area contributed by atoms with Gasteiger partial charge in [-0.2, -0.15) is 0 Å². The molecule has 4 nitrogen and oxygen atoms in total. The van der Waals surface area contributed by atoms with E-state index < -0.39 is 0 Å². The molecule has 0 saturated heterocycles. The lowest BCUT2D eigenvalue weighted by atomic mass is 9.78. The molecule has 0 radical (unpaired) electrons. The van der Waals surface area contributed by atoms with Crippen molar-refractivity contribution in [2.45, 2.75) is 58.9 Å². The normalized spacial score (nSPS) is 26.1. The number of rotatable bonds is 4. The molecule has 17 heavy (non-hydrogen) atoms. The fourth-order valence-electron chi connectivity index (χ4n) is 2.67. The van der Waals surface area contributed by atoms with E-state index in [1.54, 1.807) is 0 Å². The summed E-state index contributed by atoms with van der Waals surface area (Å²) in [5.41, 5.74) is 2.68. The molecule has 2 atom stereocenters. The lowest BCUT2D eigenvalue weighted by Crippen LogP contribution is -2.50. The predicted octanol–water partition coefficient (Wildman–Crippen LogP) is 2.02. The molecule has 0 aromatic heterocycles. The summed E-state index contributed by atoms with van der Waals surface area (Å²) in [6.07, 6.45) is 6.27. The first-order valence-electron chi connectivity index (χ1n) is 6.96. The summed E-state index contributed by atoms with van der Waals surface area (Å²) in [6.45, 7) is 7.56. The molecule has 0 amide bonds. The van der Waals surface area contributed by atoms with E-state index in [4.69, 9.17) is 5.84 Å². The molecule has 1 aliphatic rings. The highest BCUT2D eigenvalue weighted by Gasteiger charge is 2.27. The Bertz CT molecular complexity index is 238. The molecule has 1 aliphatic carbocycles. The fourth-order valence-corrected chi connectivity index (χ4v) is 2.67. The molecule has 0 aromatic carbocycles. The molecule has 0 aromatic rings. The van der Waals surface area contributed by atoms with Crippen molar-refractivity contribution in [2.24, 2.45) is 22.7 Å². The molecular weight excluding hydrogens is 212 g/mol. The number of aliphatic imine (C=N–C) groups is 1. The Morgan fingerprint density at radius 3 is 2.65 bits per heavy atom. The molecule has 0 spiro atoms. The van der Waals surface area contributed by atoms with Gasteiger partial charge in [0.25, 0.3) is 0 Å². The number of nitrogens with one attached hydrogen (secondary N) is 2. The van der Waals surface area contributed by atoms with Crippen LogP contribution in [-0.4, -0.2) is 18.5 Å². The third-order valence-corrected chi connectivity index (χ3v) is 3.63. The highest BCUT2D eigenvalue weighted by atomic mass is 15.3. The Balaban J connectivity index is 2.56. The maximum absolute atomic E-state index is 5.51. The number of nitrogens with zero attached hydrogens (tertiary/aromatic N) is 1. The first kappa shape index (κ1) is 14.3. The van der Waals surface area contributed by atoms with Gasteiger partial charge in [-0.25, -0.2) is 5.84 Å². The van der Waals surface area contributed by atoms with Crippen molar-refractivity contribution in [3.05, 3.63) is 0 Å². The third-order valence-electron chi connectivity index (χ3n) is 3.63. The van der Waals surface area contributed by atoms with Crippen LogP contribution in [0.4, 0.5) is 0 Å². The van der Waals surface area contributed by atoms with Crippen LogP contribution in [0.5, 0.6) is 0 Å². The second-order valence-electron chi connectivity index (χ2n) is 5.32. The smallest absolute Gasteiger partial charge is 0.205 e. The minimum Gasteiger partial charge on any atom is -0.352 e. The zero-order chi connectivity index (χ0) is 12.7. The fraction of sp³-hybridized carbons (Fsp3) is 0.923. The van der Waals surface area contributed by atoms with Gasteiger partial charge >= 0.3 is 0 Å². The maximum Gasteiger partial charge on any atom is 0.205 e. The van der Waals surface area contributed by atoms with Crippen LogP contribution in [0.15, 0.2) is 4.99 Å². The highest BCUT2D eigenvalue weighted by Crippen LogP contribution is 2.30. The first-order chi connectivity index (χ1) is 8.19. The van der Waals surface area contributed by atoms with Crippen molar-refractivity contribution in [3.8, 4) is 0 Å². The Kier molecular flexibility index (Phi) is 6.34. The quantitative estimate of drug-likeness (QED) is 0.305. The van der Waals surface area contributed by atoms with Crippen LogP contribution in [-0.2, 0) is 0 Å². The zero-order valence-electron chi connectivity index (χ0n) is 11.5. The van der Waals surface area contributed by atoms with Crippen LogP contribution in [0.1, 0.15) is 52.9 Å². The molecular formula is C13H28N4. The van der Waals surface area contributed by atoms with Crippen molar-refractivity contribution in [2.75, 3.05) is 6.54 Å². The van der Waals surface area contributed by atoms with Gasteiger partial charge in [0.15, 0.2) is 0 Å². The second kappa shape index (κ2) is 7.54. The average molecular weight is 240 g/mol. The summed E-state index contributed by atoms with van der Waals surface area (Å²) >= 11 is 0. The number of nitrogens with two attached hydrogens (primary N) is 1. The van der Waals surface area contributed by atoms with Crippen LogP contribution >= 0.6 is 0 Å². The third kappa shape index (κ3) is 4.54. The minimum atomic E-state index is 0.524. The Morgan fingerprint density at radius 1 is 1.35 bits per heavy atom. The molecule has 4 heteroatoms. The SMILES string of the molecule is CCCN=C(NN)NC1CCCCC1C(C)C. The summed E-state index contributed by atoms with van der Waals surface area (Å²) in [5.74, 6) is 7.72. The largest absolute Gasteiger partial charge is 0.352 e. The van der Waals surface area contributed by atoms with E-state index in [0.717, 1.165) is 30.8 Å². The zero-order valence-corrected chi connectivity index (χ0v) is 11.5. The molecule has 2 unspecified atom stereocenters. The summed E-state index contributed by atoms with van der Waals surface area (Å²) in [6, 6.07) is 0.524. The van der Waals surface area contributed by atoms with Crippen LogP contribution < -0.4 is 16.6 Å². The van der Waals surface area contributed by atoms with Gasteiger partial charge < -0.3 is 5.32 Å². The van der Waals surface area contributed by atoms with Crippen LogP contribution in [0.2, 0.25) is 0 Å². The van der Waals surface area contributed by atoms with Gasteiger partial charge in [-0.1, -0.05) is 33.6 Å². The topological polar surface area (TPSA) is 62.4 Å². The van der Waals surface area contributed by atoms with Gasteiger partial charge in [-0.15, -0.1) is 0 Å². The number of hydrazine groups is 1. The predicted molar refractivity (Wildman–Crippen MR) is 73.6 cm³/mol. The Hall–Kier alpha value is -0.770. The van der Waals surface area contributed by atoms with E-state index in [2.05, 4.69) is 36.5 Å². The first-order valence-corrected chi connectivity index (χ1v) is 6.96. The van der Waals surface area contributed by atoms with E-state index in [9.17, 15) is 0 Å². The molecule has 0 aliphatic heterocycles. The van der Waals surface area contributed by atoms with Crippen molar-refractivity contribution in [1.82, 2.24) is 10.7 Å². The van der Waals surface area contributed by atoms with Crippen molar-refractivity contribution in [1.29, 1.82) is 0 Å².